The highest BCUT2D eigenvalue weighted by molar-refractivity contribution is 5.02. The van der Waals surface area contributed by atoms with Gasteiger partial charge in [0.1, 0.15) is 48.3 Å². The average Bonchev–Trinajstić information content (AvgIpc) is 2.84. The highest BCUT2D eigenvalue weighted by Gasteiger charge is 2.55. The van der Waals surface area contributed by atoms with Gasteiger partial charge in [0.25, 0.3) is 0 Å². The lowest BCUT2D eigenvalue weighted by atomic mass is 9.96. The molecule has 0 bridgehead atoms. The number of rotatable bonds is 6. The van der Waals surface area contributed by atoms with Crippen molar-refractivity contribution in [2.45, 2.75) is 54.6 Å². The molecular formula is C13H24O11. The second kappa shape index (κ2) is 7.85. The molecule has 2 fully saturated rings. The van der Waals surface area contributed by atoms with Gasteiger partial charge in [-0.2, -0.15) is 0 Å². The summed E-state index contributed by atoms with van der Waals surface area (Å²) in [5, 5.41) is 76.8. The largest absolute Gasteiger partial charge is 0.394 e. The van der Waals surface area contributed by atoms with Gasteiger partial charge in [0.2, 0.25) is 0 Å². The van der Waals surface area contributed by atoms with Crippen LogP contribution in [0.15, 0.2) is 0 Å². The van der Waals surface area contributed by atoms with Crippen molar-refractivity contribution in [2.24, 2.45) is 0 Å². The zero-order valence-corrected chi connectivity index (χ0v) is 12.7. The zero-order valence-electron chi connectivity index (χ0n) is 12.7. The Hall–Kier alpha value is -0.440. The predicted molar refractivity (Wildman–Crippen MR) is 73.5 cm³/mol. The summed E-state index contributed by atoms with van der Waals surface area (Å²) in [5.41, 5.74) is -1.77. The van der Waals surface area contributed by atoms with Gasteiger partial charge in [0.05, 0.1) is 26.4 Å². The fraction of sp³-hybridized carbons (Fsp3) is 1.00. The molecule has 2 aliphatic rings. The summed E-state index contributed by atoms with van der Waals surface area (Å²) in [4.78, 5) is 0. The lowest BCUT2D eigenvalue weighted by molar-refractivity contribution is -0.313. The predicted octanol–water partition coefficient (Wildman–Crippen LogP) is -5.35. The molecule has 2 rings (SSSR count). The molecule has 0 amide bonds. The zero-order chi connectivity index (χ0) is 18.1. The van der Waals surface area contributed by atoms with E-state index in [1.165, 1.54) is 0 Å². The van der Waals surface area contributed by atoms with Crippen LogP contribution < -0.4 is 0 Å². The van der Waals surface area contributed by atoms with Crippen LogP contribution in [0.4, 0.5) is 0 Å². The van der Waals surface area contributed by atoms with Crippen LogP contribution in [0.3, 0.4) is 0 Å². The topological polar surface area (TPSA) is 190 Å². The van der Waals surface area contributed by atoms with Crippen molar-refractivity contribution in [3.63, 3.8) is 0 Å². The van der Waals surface area contributed by atoms with Gasteiger partial charge in [-0.15, -0.1) is 0 Å². The first-order valence-corrected chi connectivity index (χ1v) is 7.49. The van der Waals surface area contributed by atoms with Gasteiger partial charge in [0, 0.05) is 0 Å². The molecule has 0 aromatic rings. The quantitative estimate of drug-likeness (QED) is 0.227. The van der Waals surface area contributed by atoms with E-state index < -0.39 is 81.0 Å². The second-order valence-electron chi connectivity index (χ2n) is 6.01. The van der Waals surface area contributed by atoms with Crippen LogP contribution in [0.25, 0.3) is 0 Å². The van der Waals surface area contributed by atoms with E-state index in [4.69, 9.17) is 24.4 Å². The van der Waals surface area contributed by atoms with Crippen LogP contribution >= 0.6 is 0 Å². The van der Waals surface area contributed by atoms with Crippen molar-refractivity contribution < 1.29 is 55.1 Å². The molecule has 8 N–H and O–H groups in total. The summed E-state index contributed by atoms with van der Waals surface area (Å²) in [6, 6.07) is 0. The van der Waals surface area contributed by atoms with Gasteiger partial charge in [-0.3, -0.25) is 0 Å². The fourth-order valence-corrected chi connectivity index (χ4v) is 2.82. The molecule has 11 heteroatoms. The molecule has 9 atom stereocenters. The molecular weight excluding hydrogens is 332 g/mol. The molecule has 0 aromatic carbocycles. The number of aliphatic hydroxyl groups excluding tert-OH is 8. The van der Waals surface area contributed by atoms with Crippen molar-refractivity contribution in [3.05, 3.63) is 0 Å². The standard InChI is InChI=1S/C13H24O11/c14-1-5-7(17)9(19)10(20)12(23-5)22-4-13(3-16)11(21)8(18)6(2-15)24-13/h5-12,14-21H,1-4H2/t5?,6-,7?,8?,9+,10?,11-,12-,13+/m1/s1. The maximum Gasteiger partial charge on any atom is 0.186 e. The summed E-state index contributed by atoms with van der Waals surface area (Å²) >= 11 is 0. The average molecular weight is 356 g/mol. The van der Waals surface area contributed by atoms with Crippen LogP contribution in [0.2, 0.25) is 0 Å². The first-order chi connectivity index (χ1) is 11.3. The minimum Gasteiger partial charge on any atom is -0.394 e. The van der Waals surface area contributed by atoms with Crippen LogP contribution in [0.5, 0.6) is 0 Å². The van der Waals surface area contributed by atoms with E-state index in [-0.39, 0.29) is 0 Å². The number of aliphatic hydroxyl groups is 8. The minimum atomic E-state index is -1.77. The van der Waals surface area contributed by atoms with Crippen LogP contribution in [-0.2, 0) is 14.2 Å². The van der Waals surface area contributed by atoms with Gasteiger partial charge in [-0.25, -0.2) is 0 Å². The Morgan fingerprint density at radius 2 is 1.42 bits per heavy atom. The summed E-state index contributed by atoms with van der Waals surface area (Å²) in [5.74, 6) is 0. The number of hydrogen-bond donors (Lipinski definition) is 8. The lowest BCUT2D eigenvalue weighted by Gasteiger charge is -2.41. The molecule has 0 saturated carbocycles. The summed E-state index contributed by atoms with van der Waals surface area (Å²) < 4.78 is 15.7. The Morgan fingerprint density at radius 1 is 0.792 bits per heavy atom. The lowest BCUT2D eigenvalue weighted by Crippen LogP contribution is -2.60. The molecule has 2 aliphatic heterocycles. The van der Waals surface area contributed by atoms with Gasteiger partial charge in [-0.1, -0.05) is 0 Å². The first-order valence-electron chi connectivity index (χ1n) is 7.49. The Labute approximate surface area is 137 Å². The maximum absolute atomic E-state index is 10.0. The maximum atomic E-state index is 10.0. The van der Waals surface area contributed by atoms with Crippen LogP contribution in [0.1, 0.15) is 0 Å². The number of ether oxygens (including phenoxy) is 3. The Balaban J connectivity index is 2.05. The van der Waals surface area contributed by atoms with Crippen molar-refractivity contribution in [2.75, 3.05) is 26.4 Å². The van der Waals surface area contributed by atoms with E-state index in [1.54, 1.807) is 0 Å². The molecule has 2 saturated heterocycles. The molecule has 0 aliphatic carbocycles. The third-order valence-corrected chi connectivity index (χ3v) is 4.42. The number of hydrogen-bond acceptors (Lipinski definition) is 11. The van der Waals surface area contributed by atoms with E-state index >= 15 is 0 Å². The third-order valence-electron chi connectivity index (χ3n) is 4.42. The minimum absolute atomic E-state index is 0.555. The molecule has 142 valence electrons. The van der Waals surface area contributed by atoms with Crippen molar-refractivity contribution in [3.8, 4) is 0 Å². The Kier molecular flexibility index (Phi) is 6.50. The third kappa shape index (κ3) is 3.43. The van der Waals surface area contributed by atoms with Crippen molar-refractivity contribution in [1.29, 1.82) is 0 Å². The van der Waals surface area contributed by atoms with Crippen LogP contribution in [0, 0.1) is 0 Å². The van der Waals surface area contributed by atoms with Gasteiger partial charge in [0.15, 0.2) is 6.29 Å². The first kappa shape index (κ1) is 19.9. The molecule has 2 heterocycles. The molecule has 4 unspecified atom stereocenters. The summed E-state index contributed by atoms with van der Waals surface area (Å²) in [7, 11) is 0. The van der Waals surface area contributed by atoms with E-state index in [0.29, 0.717) is 0 Å². The fourth-order valence-electron chi connectivity index (χ4n) is 2.82. The molecule has 11 nitrogen and oxygen atoms in total. The van der Waals surface area contributed by atoms with Crippen LogP contribution in [-0.4, -0.2) is 122 Å². The Morgan fingerprint density at radius 3 is 1.92 bits per heavy atom. The monoisotopic (exact) mass is 356 g/mol. The summed E-state index contributed by atoms with van der Waals surface area (Å²) in [6.07, 6.45) is -11.7. The highest BCUT2D eigenvalue weighted by Crippen LogP contribution is 2.32. The SMILES string of the molecule is OCC1O[C@@H](OC[C@]2(CO)O[C@H](CO)C(O)[C@H]2O)C(O)[C@@H](O)C1O. The molecule has 0 aromatic heterocycles. The van der Waals surface area contributed by atoms with E-state index in [9.17, 15) is 30.6 Å². The van der Waals surface area contributed by atoms with E-state index in [0.717, 1.165) is 0 Å². The molecule has 0 radical (unpaired) electrons. The normalized spacial score (nSPS) is 49.5. The highest BCUT2D eigenvalue weighted by atomic mass is 16.7. The van der Waals surface area contributed by atoms with Gasteiger partial charge >= 0.3 is 0 Å². The van der Waals surface area contributed by atoms with E-state index in [1.807, 2.05) is 0 Å². The summed E-state index contributed by atoms with van der Waals surface area (Å²) in [6.45, 7) is -2.56. The van der Waals surface area contributed by atoms with E-state index in [2.05, 4.69) is 0 Å². The Bertz CT molecular complexity index is 407. The smallest absolute Gasteiger partial charge is 0.186 e. The van der Waals surface area contributed by atoms with Gasteiger partial charge in [-0.05, 0) is 0 Å². The second-order valence-corrected chi connectivity index (χ2v) is 6.01. The van der Waals surface area contributed by atoms with Crippen molar-refractivity contribution in [1.82, 2.24) is 0 Å². The molecule has 0 spiro atoms. The molecule has 24 heavy (non-hydrogen) atoms. The van der Waals surface area contributed by atoms with Crippen molar-refractivity contribution >= 4 is 0 Å². The van der Waals surface area contributed by atoms with Gasteiger partial charge < -0.3 is 55.1 Å².